The van der Waals surface area contributed by atoms with Gasteiger partial charge in [0.1, 0.15) is 4.88 Å². The van der Waals surface area contributed by atoms with Crippen molar-refractivity contribution in [1.29, 1.82) is 0 Å². The Hall–Kier alpha value is -2.68. The minimum absolute atomic E-state index is 0.184. The average Bonchev–Trinajstić information content (AvgIpc) is 3.22. The molecule has 9 heteroatoms. The fourth-order valence-electron chi connectivity index (χ4n) is 2.31. The van der Waals surface area contributed by atoms with Gasteiger partial charge < -0.3 is 5.32 Å². The van der Waals surface area contributed by atoms with E-state index in [9.17, 15) is 4.79 Å². The van der Waals surface area contributed by atoms with Gasteiger partial charge in [0.05, 0.1) is 29.8 Å². The molecule has 0 aliphatic rings. The number of aromatic nitrogens is 6. The van der Waals surface area contributed by atoms with Gasteiger partial charge >= 0.3 is 0 Å². The zero-order chi connectivity index (χ0) is 16.9. The molecule has 3 aromatic heterocycles. The van der Waals surface area contributed by atoms with Crippen LogP contribution in [0.4, 0.5) is 0 Å². The minimum atomic E-state index is -0.184. The number of amides is 1. The highest BCUT2D eigenvalue weighted by Crippen LogP contribution is 2.19. The molecule has 0 spiro atoms. The summed E-state index contributed by atoms with van der Waals surface area (Å²) in [4.78, 5) is 21.6. The number of aryl methyl sites for hydroxylation is 2. The Bertz CT molecular complexity index is 842. The molecule has 0 aliphatic heterocycles. The average molecular weight is 343 g/mol. The van der Waals surface area contributed by atoms with Gasteiger partial charge in [0, 0.05) is 31.2 Å². The second-order valence-corrected chi connectivity index (χ2v) is 5.99. The Kier molecular flexibility index (Phi) is 4.90. The molecule has 1 N–H and O–H groups in total. The van der Waals surface area contributed by atoms with E-state index in [0.717, 1.165) is 35.6 Å². The summed E-state index contributed by atoms with van der Waals surface area (Å²) in [5.41, 5.74) is 3.00. The first-order valence-electron chi connectivity index (χ1n) is 7.57. The van der Waals surface area contributed by atoms with Crippen LogP contribution in [0.1, 0.15) is 34.4 Å². The Labute approximate surface area is 143 Å². The number of nitrogens with zero attached hydrogens (tertiary/aromatic N) is 6. The maximum absolute atomic E-state index is 12.4. The van der Waals surface area contributed by atoms with Gasteiger partial charge in [0.2, 0.25) is 0 Å². The van der Waals surface area contributed by atoms with E-state index in [4.69, 9.17) is 0 Å². The van der Waals surface area contributed by atoms with E-state index in [1.54, 1.807) is 23.3 Å². The summed E-state index contributed by atoms with van der Waals surface area (Å²) >= 11 is 1.11. The maximum atomic E-state index is 12.4. The van der Waals surface area contributed by atoms with Crippen LogP contribution in [0.3, 0.4) is 0 Å². The van der Waals surface area contributed by atoms with Crippen LogP contribution >= 0.6 is 11.5 Å². The number of hydrogen-bond donors (Lipinski definition) is 1. The topological polar surface area (TPSA) is 98.5 Å². The fraction of sp³-hybridized carbons (Fsp3) is 0.333. The van der Waals surface area contributed by atoms with Crippen molar-refractivity contribution in [3.63, 3.8) is 0 Å². The predicted octanol–water partition coefficient (Wildman–Crippen LogP) is 1.61. The first-order valence-corrected chi connectivity index (χ1v) is 8.34. The summed E-state index contributed by atoms with van der Waals surface area (Å²) < 4.78 is 5.58. The molecule has 0 fully saturated rings. The van der Waals surface area contributed by atoms with Crippen molar-refractivity contribution in [2.24, 2.45) is 7.05 Å². The Balaban J connectivity index is 1.75. The van der Waals surface area contributed by atoms with E-state index >= 15 is 0 Å². The first kappa shape index (κ1) is 16.2. The molecule has 0 unspecified atom stereocenters. The molecule has 3 aromatic rings. The van der Waals surface area contributed by atoms with Crippen LogP contribution in [0.5, 0.6) is 0 Å². The lowest BCUT2D eigenvalue weighted by molar-refractivity contribution is 0.0953. The summed E-state index contributed by atoms with van der Waals surface area (Å²) in [6.07, 6.45) is 8.48. The normalized spacial score (nSPS) is 10.8. The second-order valence-electron chi connectivity index (χ2n) is 5.24. The number of carbonyl (C=O) groups excluding carboxylic acids is 1. The molecule has 124 valence electrons. The summed E-state index contributed by atoms with van der Waals surface area (Å²) in [5.74, 6) is -0.184. The Morgan fingerprint density at radius 3 is 2.88 bits per heavy atom. The molecular formula is C15H17N7OS. The monoisotopic (exact) mass is 343 g/mol. The maximum Gasteiger partial charge on any atom is 0.265 e. The van der Waals surface area contributed by atoms with Crippen LogP contribution in [0.15, 0.2) is 24.8 Å². The first-order chi connectivity index (χ1) is 11.7. The van der Waals surface area contributed by atoms with Crippen molar-refractivity contribution < 1.29 is 4.79 Å². The lowest BCUT2D eigenvalue weighted by Crippen LogP contribution is -2.24. The molecule has 1 amide bonds. The zero-order valence-electron chi connectivity index (χ0n) is 13.4. The fourth-order valence-corrected chi connectivity index (χ4v) is 2.93. The molecule has 0 atom stereocenters. The van der Waals surface area contributed by atoms with Crippen LogP contribution in [0.2, 0.25) is 0 Å². The molecule has 0 radical (unpaired) electrons. The summed E-state index contributed by atoms with van der Waals surface area (Å²) in [6, 6.07) is 0. The van der Waals surface area contributed by atoms with Gasteiger partial charge in [-0.3, -0.25) is 19.4 Å². The van der Waals surface area contributed by atoms with Gasteiger partial charge in [-0.25, -0.2) is 0 Å². The standard InChI is InChI=1S/C15H17N7OS/c1-3-4-11-14(24-21-20-11)15(23)18-8-12-13(17-6-5-16-12)10-7-19-22(2)9-10/h5-7,9H,3-4,8H2,1-2H3,(H,18,23). The van der Waals surface area contributed by atoms with Crippen LogP contribution in [0.25, 0.3) is 11.3 Å². The molecule has 24 heavy (non-hydrogen) atoms. The molecule has 0 saturated heterocycles. The van der Waals surface area contributed by atoms with Crippen molar-refractivity contribution in [3.05, 3.63) is 41.1 Å². The Morgan fingerprint density at radius 2 is 2.12 bits per heavy atom. The van der Waals surface area contributed by atoms with Gasteiger partial charge in [-0.05, 0) is 18.0 Å². The molecule has 3 rings (SSSR count). The molecule has 0 aromatic carbocycles. The number of nitrogens with one attached hydrogen (secondary N) is 1. The Morgan fingerprint density at radius 1 is 1.29 bits per heavy atom. The van der Waals surface area contributed by atoms with E-state index in [0.29, 0.717) is 16.3 Å². The molecule has 8 nitrogen and oxygen atoms in total. The van der Waals surface area contributed by atoms with Gasteiger partial charge in [0.25, 0.3) is 5.91 Å². The summed E-state index contributed by atoms with van der Waals surface area (Å²) in [5, 5.41) is 11.0. The molecule has 0 bridgehead atoms. The van der Waals surface area contributed by atoms with Crippen molar-refractivity contribution in [3.8, 4) is 11.3 Å². The number of rotatable bonds is 6. The largest absolute Gasteiger partial charge is 0.345 e. The summed E-state index contributed by atoms with van der Waals surface area (Å²) in [6.45, 7) is 2.32. The van der Waals surface area contributed by atoms with E-state index in [-0.39, 0.29) is 12.5 Å². The third kappa shape index (κ3) is 3.46. The van der Waals surface area contributed by atoms with Crippen molar-refractivity contribution in [2.45, 2.75) is 26.3 Å². The van der Waals surface area contributed by atoms with Crippen LogP contribution in [0, 0.1) is 0 Å². The molecule has 0 aliphatic carbocycles. The van der Waals surface area contributed by atoms with Crippen LogP contribution in [-0.2, 0) is 20.0 Å². The van der Waals surface area contributed by atoms with Gasteiger partial charge in [0.15, 0.2) is 0 Å². The zero-order valence-corrected chi connectivity index (χ0v) is 14.2. The lowest BCUT2D eigenvalue weighted by atomic mass is 10.2. The SMILES string of the molecule is CCCc1nnsc1C(=O)NCc1nccnc1-c1cnn(C)c1. The highest BCUT2D eigenvalue weighted by Gasteiger charge is 2.17. The third-order valence-electron chi connectivity index (χ3n) is 3.42. The van der Waals surface area contributed by atoms with Gasteiger partial charge in [-0.1, -0.05) is 17.8 Å². The molecule has 3 heterocycles. The van der Waals surface area contributed by atoms with Crippen molar-refractivity contribution in [2.75, 3.05) is 0 Å². The number of hydrogen-bond acceptors (Lipinski definition) is 7. The van der Waals surface area contributed by atoms with E-state index in [2.05, 4.69) is 30.0 Å². The molecule has 0 saturated carbocycles. The predicted molar refractivity (Wildman–Crippen MR) is 89.3 cm³/mol. The second kappa shape index (κ2) is 7.26. The smallest absolute Gasteiger partial charge is 0.265 e. The van der Waals surface area contributed by atoms with Crippen LogP contribution < -0.4 is 5.32 Å². The van der Waals surface area contributed by atoms with Crippen molar-refractivity contribution >= 4 is 17.4 Å². The van der Waals surface area contributed by atoms with E-state index in [1.807, 2.05) is 20.2 Å². The third-order valence-corrected chi connectivity index (χ3v) is 4.18. The highest BCUT2D eigenvalue weighted by atomic mass is 32.1. The van der Waals surface area contributed by atoms with Crippen LogP contribution in [-0.4, -0.2) is 35.2 Å². The number of carbonyl (C=O) groups is 1. The lowest BCUT2D eigenvalue weighted by Gasteiger charge is -2.07. The quantitative estimate of drug-likeness (QED) is 0.730. The van der Waals surface area contributed by atoms with Crippen molar-refractivity contribution in [1.82, 2.24) is 34.7 Å². The molecular weight excluding hydrogens is 326 g/mol. The summed E-state index contributed by atoms with van der Waals surface area (Å²) in [7, 11) is 1.84. The van der Waals surface area contributed by atoms with E-state index < -0.39 is 0 Å². The minimum Gasteiger partial charge on any atom is -0.345 e. The van der Waals surface area contributed by atoms with Gasteiger partial charge in [-0.15, -0.1) is 5.10 Å². The van der Waals surface area contributed by atoms with Gasteiger partial charge in [-0.2, -0.15) is 5.10 Å². The van der Waals surface area contributed by atoms with E-state index in [1.165, 1.54) is 0 Å². The highest BCUT2D eigenvalue weighted by molar-refractivity contribution is 7.08.